The topological polar surface area (TPSA) is 95.9 Å². The first kappa shape index (κ1) is 20.0. The van der Waals surface area contributed by atoms with Gasteiger partial charge in [-0.05, 0) is 43.2 Å². The van der Waals surface area contributed by atoms with Gasteiger partial charge in [-0.2, -0.15) is 5.10 Å². The normalized spacial score (nSPS) is 15.9. The maximum atomic E-state index is 13.1. The van der Waals surface area contributed by atoms with Crippen LogP contribution in [0.4, 0.5) is 5.69 Å². The Morgan fingerprint density at radius 1 is 1.09 bits per heavy atom. The van der Waals surface area contributed by atoms with E-state index in [1.165, 1.54) is 0 Å². The number of H-pyrrole nitrogens is 1. The van der Waals surface area contributed by atoms with Gasteiger partial charge in [0, 0.05) is 31.8 Å². The van der Waals surface area contributed by atoms with E-state index in [4.69, 9.17) is 0 Å². The molecule has 1 saturated heterocycles. The van der Waals surface area contributed by atoms with Crippen LogP contribution in [0.3, 0.4) is 0 Å². The Morgan fingerprint density at radius 3 is 2.78 bits per heavy atom. The molecular weight excluding hydrogens is 404 g/mol. The van der Waals surface area contributed by atoms with E-state index in [9.17, 15) is 9.59 Å². The van der Waals surface area contributed by atoms with Crippen molar-refractivity contribution in [3.05, 3.63) is 72.8 Å². The molecule has 1 atom stereocenters. The molecule has 1 aliphatic rings. The zero-order chi connectivity index (χ0) is 21.9. The van der Waals surface area contributed by atoms with Crippen molar-refractivity contribution in [1.29, 1.82) is 0 Å². The van der Waals surface area contributed by atoms with Crippen LogP contribution in [0, 0.1) is 0 Å². The summed E-state index contributed by atoms with van der Waals surface area (Å²) in [5, 5.41) is 7.26. The number of amides is 2. The molecule has 162 valence electrons. The number of aromatic nitrogens is 4. The fourth-order valence-corrected chi connectivity index (χ4v) is 4.24. The van der Waals surface area contributed by atoms with Gasteiger partial charge in [-0.15, -0.1) is 0 Å². The highest BCUT2D eigenvalue weighted by molar-refractivity contribution is 5.98. The van der Waals surface area contributed by atoms with Crippen molar-refractivity contribution in [2.24, 2.45) is 0 Å². The molecule has 0 saturated carbocycles. The van der Waals surface area contributed by atoms with E-state index in [2.05, 4.69) is 20.4 Å². The van der Waals surface area contributed by atoms with Crippen LogP contribution in [0.25, 0.3) is 16.7 Å². The first-order chi connectivity index (χ1) is 15.7. The first-order valence-corrected chi connectivity index (χ1v) is 10.8. The standard InChI is InChI=1S/C24H24N6O2/c31-23(13-12-22-26-17-7-1-2-8-18(17)27-22)29-15-5-11-21(29)24(32)28-19-9-3-4-10-20(19)30-16-6-14-25-30/h1-4,6-10,14,16,21H,5,11-13,15H2,(H,26,27)(H,28,32)/t21-/m0/s1. The lowest BCUT2D eigenvalue weighted by atomic mass is 10.1. The summed E-state index contributed by atoms with van der Waals surface area (Å²) in [4.78, 5) is 35.5. The summed E-state index contributed by atoms with van der Waals surface area (Å²) in [6.45, 7) is 0.595. The molecule has 0 unspecified atom stereocenters. The Kier molecular flexibility index (Phi) is 5.41. The van der Waals surface area contributed by atoms with E-state index in [0.29, 0.717) is 31.5 Å². The second-order valence-electron chi connectivity index (χ2n) is 7.90. The number of imidazole rings is 1. The maximum absolute atomic E-state index is 13.1. The van der Waals surface area contributed by atoms with E-state index in [-0.39, 0.29) is 11.8 Å². The average molecular weight is 428 g/mol. The smallest absolute Gasteiger partial charge is 0.247 e. The first-order valence-electron chi connectivity index (χ1n) is 10.8. The van der Waals surface area contributed by atoms with Crippen LogP contribution in [0.5, 0.6) is 0 Å². The highest BCUT2D eigenvalue weighted by Crippen LogP contribution is 2.24. The van der Waals surface area contributed by atoms with E-state index < -0.39 is 6.04 Å². The Balaban J connectivity index is 1.25. The fraction of sp³-hybridized carbons (Fsp3) is 0.250. The molecule has 2 N–H and O–H groups in total. The van der Waals surface area contributed by atoms with E-state index >= 15 is 0 Å². The number of hydrogen-bond donors (Lipinski definition) is 2. The van der Waals surface area contributed by atoms with Crippen LogP contribution in [-0.2, 0) is 16.0 Å². The second-order valence-corrected chi connectivity index (χ2v) is 7.90. The van der Waals surface area contributed by atoms with Crippen LogP contribution in [-0.4, -0.2) is 49.0 Å². The lowest BCUT2D eigenvalue weighted by Crippen LogP contribution is -2.43. The molecule has 3 heterocycles. The lowest BCUT2D eigenvalue weighted by molar-refractivity contribution is -0.136. The molecule has 0 spiro atoms. The van der Waals surface area contributed by atoms with Gasteiger partial charge in [0.15, 0.2) is 0 Å². The number of anilines is 1. The number of carbonyl (C=O) groups is 2. The van der Waals surface area contributed by atoms with Gasteiger partial charge in [-0.1, -0.05) is 24.3 Å². The van der Waals surface area contributed by atoms with Crippen LogP contribution in [0.15, 0.2) is 67.0 Å². The maximum Gasteiger partial charge on any atom is 0.247 e. The van der Waals surface area contributed by atoms with E-state index in [0.717, 1.165) is 29.0 Å². The molecule has 5 rings (SSSR count). The number of rotatable bonds is 6. The number of aryl methyl sites for hydroxylation is 1. The summed E-state index contributed by atoms with van der Waals surface area (Å²) in [6.07, 6.45) is 5.82. The Hall–Kier alpha value is -3.94. The van der Waals surface area contributed by atoms with Crippen molar-refractivity contribution in [3.8, 4) is 5.69 Å². The van der Waals surface area contributed by atoms with Gasteiger partial charge >= 0.3 is 0 Å². The average Bonchev–Trinajstić information content (AvgIpc) is 3.58. The van der Waals surface area contributed by atoms with Crippen molar-refractivity contribution >= 4 is 28.5 Å². The predicted molar refractivity (Wildman–Crippen MR) is 121 cm³/mol. The van der Waals surface area contributed by atoms with E-state index in [1.54, 1.807) is 15.8 Å². The summed E-state index contributed by atoms with van der Waals surface area (Å²) in [7, 11) is 0. The summed E-state index contributed by atoms with van der Waals surface area (Å²) in [5.41, 5.74) is 3.31. The molecular formula is C24H24N6O2. The molecule has 32 heavy (non-hydrogen) atoms. The predicted octanol–water partition coefficient (Wildman–Crippen LogP) is 3.31. The van der Waals surface area contributed by atoms with Crippen LogP contribution in [0.2, 0.25) is 0 Å². The second kappa shape index (κ2) is 8.66. The van der Waals surface area contributed by atoms with Crippen molar-refractivity contribution in [1.82, 2.24) is 24.6 Å². The summed E-state index contributed by atoms with van der Waals surface area (Å²) < 4.78 is 1.71. The van der Waals surface area contributed by atoms with Gasteiger partial charge in [-0.3, -0.25) is 9.59 Å². The van der Waals surface area contributed by atoms with Crippen LogP contribution >= 0.6 is 0 Å². The Morgan fingerprint density at radius 2 is 1.94 bits per heavy atom. The van der Waals surface area contributed by atoms with Gasteiger partial charge in [0.2, 0.25) is 11.8 Å². The van der Waals surface area contributed by atoms with Crippen molar-refractivity contribution in [2.45, 2.75) is 31.7 Å². The molecule has 1 aliphatic heterocycles. The highest BCUT2D eigenvalue weighted by Gasteiger charge is 2.34. The molecule has 8 heteroatoms. The molecule has 2 amide bonds. The highest BCUT2D eigenvalue weighted by atomic mass is 16.2. The number of fused-ring (bicyclic) bond motifs is 1. The minimum absolute atomic E-state index is 0.0246. The van der Waals surface area contributed by atoms with Crippen molar-refractivity contribution in [3.63, 3.8) is 0 Å². The number of likely N-dealkylation sites (tertiary alicyclic amines) is 1. The third kappa shape index (κ3) is 3.99. The zero-order valence-corrected chi connectivity index (χ0v) is 17.6. The number of hydrogen-bond acceptors (Lipinski definition) is 4. The number of nitrogens with one attached hydrogen (secondary N) is 2. The number of carbonyl (C=O) groups excluding carboxylic acids is 2. The van der Waals surface area contributed by atoms with Crippen LogP contribution in [0.1, 0.15) is 25.1 Å². The minimum atomic E-state index is -0.469. The largest absolute Gasteiger partial charge is 0.342 e. The molecule has 2 aromatic carbocycles. The van der Waals surface area contributed by atoms with Crippen molar-refractivity contribution in [2.75, 3.05) is 11.9 Å². The number of aromatic amines is 1. The minimum Gasteiger partial charge on any atom is -0.342 e. The number of nitrogens with zero attached hydrogens (tertiary/aromatic N) is 4. The van der Waals surface area contributed by atoms with Gasteiger partial charge in [0.05, 0.1) is 22.4 Å². The third-order valence-corrected chi connectivity index (χ3v) is 5.80. The SMILES string of the molecule is O=C(Nc1ccccc1-n1cccn1)[C@@H]1CCCN1C(=O)CCc1nc2ccccc2[nH]1. The number of benzene rings is 2. The lowest BCUT2D eigenvalue weighted by Gasteiger charge is -2.24. The quantitative estimate of drug-likeness (QED) is 0.492. The van der Waals surface area contributed by atoms with Gasteiger partial charge in [-0.25, -0.2) is 9.67 Å². The zero-order valence-electron chi connectivity index (χ0n) is 17.6. The molecule has 0 radical (unpaired) electrons. The summed E-state index contributed by atoms with van der Waals surface area (Å²) in [5.74, 6) is 0.593. The molecule has 2 aromatic heterocycles. The van der Waals surface area contributed by atoms with E-state index in [1.807, 2.05) is 60.8 Å². The van der Waals surface area contributed by atoms with Gasteiger partial charge in [0.25, 0.3) is 0 Å². The molecule has 1 fully saturated rings. The van der Waals surface area contributed by atoms with Gasteiger partial charge in [0.1, 0.15) is 11.9 Å². The fourth-order valence-electron chi connectivity index (χ4n) is 4.24. The molecule has 0 bridgehead atoms. The summed E-state index contributed by atoms with van der Waals surface area (Å²) >= 11 is 0. The van der Waals surface area contributed by atoms with Crippen molar-refractivity contribution < 1.29 is 9.59 Å². The number of para-hydroxylation sites is 4. The Labute approximate surface area is 185 Å². The summed E-state index contributed by atoms with van der Waals surface area (Å²) in [6, 6.07) is 16.7. The van der Waals surface area contributed by atoms with Crippen LogP contribution < -0.4 is 5.32 Å². The molecule has 8 nitrogen and oxygen atoms in total. The third-order valence-electron chi connectivity index (χ3n) is 5.80. The van der Waals surface area contributed by atoms with Gasteiger partial charge < -0.3 is 15.2 Å². The molecule has 4 aromatic rings. The Bertz CT molecular complexity index is 1210. The molecule has 0 aliphatic carbocycles. The monoisotopic (exact) mass is 428 g/mol.